The van der Waals surface area contributed by atoms with Gasteiger partial charge < -0.3 is 10.5 Å². The van der Waals surface area contributed by atoms with E-state index in [1.54, 1.807) is 6.92 Å². The highest BCUT2D eigenvalue weighted by atomic mass is 32.2. The zero-order valence-electron chi connectivity index (χ0n) is 9.76. The molecule has 0 heterocycles. The van der Waals surface area contributed by atoms with Crippen molar-refractivity contribution in [2.75, 3.05) is 12.9 Å². The fourth-order valence-corrected chi connectivity index (χ4v) is 1.03. The van der Waals surface area contributed by atoms with Gasteiger partial charge in [-0.05, 0) is 19.8 Å². The fraction of sp³-hybridized carbons (Fsp3) is 0.889. The van der Waals surface area contributed by atoms with E-state index in [-0.39, 0.29) is 0 Å². The van der Waals surface area contributed by atoms with E-state index in [0.29, 0.717) is 25.4 Å². The monoisotopic (exact) mass is 255 g/mol. The van der Waals surface area contributed by atoms with Crippen molar-refractivity contribution >= 4 is 16.6 Å². The molecule has 0 aromatic heterocycles. The molecule has 1 saturated carbocycles. The van der Waals surface area contributed by atoms with Gasteiger partial charge >= 0.3 is 0 Å². The molecule has 0 spiro atoms. The van der Waals surface area contributed by atoms with E-state index in [2.05, 4.69) is 4.74 Å². The van der Waals surface area contributed by atoms with Gasteiger partial charge in [0.25, 0.3) is 16.6 Å². The van der Waals surface area contributed by atoms with Crippen molar-refractivity contribution in [3.63, 3.8) is 0 Å². The maximum absolute atomic E-state index is 9.19. The van der Waals surface area contributed by atoms with Crippen LogP contribution in [0.15, 0.2) is 0 Å². The molecule has 0 amide bonds. The fourth-order valence-electron chi connectivity index (χ4n) is 1.03. The van der Waals surface area contributed by atoms with Gasteiger partial charge in [0, 0.05) is 6.04 Å². The molecule has 1 aliphatic rings. The normalized spacial score (nSPS) is 15.2. The average Bonchev–Trinajstić information content (AvgIpc) is 2.55. The standard InChI is InChI=1S/C5H11N.C3H6O2.CH4O3S/c6-5-3-1-2-4-5;1-2-5-3-4;1-5(2,3)4/h5H,1-4,6H2;3H,2H2,1H3;1H3,(H,2,3,4). The Morgan fingerprint density at radius 3 is 1.88 bits per heavy atom. The molecule has 0 bridgehead atoms. The van der Waals surface area contributed by atoms with E-state index in [1.165, 1.54) is 25.7 Å². The second-order valence-corrected chi connectivity index (χ2v) is 4.80. The van der Waals surface area contributed by atoms with Crippen molar-refractivity contribution in [3.05, 3.63) is 0 Å². The highest BCUT2D eigenvalue weighted by Crippen LogP contribution is 2.14. The molecular weight excluding hydrogens is 234 g/mol. The molecule has 16 heavy (non-hydrogen) atoms. The minimum Gasteiger partial charge on any atom is -0.468 e. The van der Waals surface area contributed by atoms with Crippen LogP contribution >= 0.6 is 0 Å². The molecular formula is C9H21NO5S. The Morgan fingerprint density at radius 1 is 1.44 bits per heavy atom. The zero-order chi connectivity index (χ0) is 13.0. The topological polar surface area (TPSA) is 107 Å². The number of ether oxygens (including phenoxy) is 1. The zero-order valence-corrected chi connectivity index (χ0v) is 10.6. The Kier molecular flexibility index (Phi) is 12.0. The van der Waals surface area contributed by atoms with Crippen LogP contribution in [0.4, 0.5) is 0 Å². The molecule has 0 aromatic rings. The van der Waals surface area contributed by atoms with Crippen molar-refractivity contribution in [2.45, 2.75) is 38.6 Å². The van der Waals surface area contributed by atoms with Gasteiger partial charge in [-0.15, -0.1) is 0 Å². The molecule has 6 nitrogen and oxygen atoms in total. The number of carbonyl (C=O) groups excluding carboxylic acids is 1. The SMILES string of the molecule is CCOC=O.CS(=O)(=O)O.NC1CCCC1. The quantitative estimate of drug-likeness (QED) is 0.552. The lowest BCUT2D eigenvalue weighted by molar-refractivity contribution is -0.128. The summed E-state index contributed by atoms with van der Waals surface area (Å²) in [6, 6.07) is 0.546. The van der Waals surface area contributed by atoms with Gasteiger partial charge in [0.1, 0.15) is 0 Å². The lowest BCUT2D eigenvalue weighted by Gasteiger charge is -1.92. The van der Waals surface area contributed by atoms with E-state index in [9.17, 15) is 13.2 Å². The lowest BCUT2D eigenvalue weighted by Crippen LogP contribution is -2.13. The Balaban J connectivity index is 0. The van der Waals surface area contributed by atoms with Crippen LogP contribution < -0.4 is 5.73 Å². The van der Waals surface area contributed by atoms with Crippen molar-refractivity contribution in [3.8, 4) is 0 Å². The van der Waals surface area contributed by atoms with Gasteiger partial charge in [0.05, 0.1) is 12.9 Å². The van der Waals surface area contributed by atoms with E-state index >= 15 is 0 Å². The first-order valence-corrected chi connectivity index (χ1v) is 6.89. The van der Waals surface area contributed by atoms with Crippen molar-refractivity contribution in [1.82, 2.24) is 0 Å². The maximum Gasteiger partial charge on any atom is 0.293 e. The molecule has 0 aromatic carbocycles. The molecule has 1 rings (SSSR count). The summed E-state index contributed by atoms with van der Waals surface area (Å²) in [6.45, 7) is 2.66. The molecule has 1 aliphatic carbocycles. The van der Waals surface area contributed by atoms with Gasteiger partial charge in [0.2, 0.25) is 0 Å². The average molecular weight is 255 g/mol. The van der Waals surface area contributed by atoms with Crippen LogP contribution in [-0.2, 0) is 19.6 Å². The summed E-state index contributed by atoms with van der Waals surface area (Å²) in [5.41, 5.74) is 5.53. The molecule has 0 atom stereocenters. The largest absolute Gasteiger partial charge is 0.468 e. The Hall–Kier alpha value is -0.660. The van der Waals surface area contributed by atoms with Crippen molar-refractivity contribution < 1.29 is 22.5 Å². The summed E-state index contributed by atoms with van der Waals surface area (Å²) >= 11 is 0. The second-order valence-electron chi connectivity index (χ2n) is 3.33. The molecule has 0 unspecified atom stereocenters. The Bertz CT molecular complexity index is 239. The third-order valence-electron chi connectivity index (χ3n) is 1.63. The van der Waals surface area contributed by atoms with Crippen LogP contribution in [0.1, 0.15) is 32.6 Å². The van der Waals surface area contributed by atoms with Crippen LogP contribution in [0.5, 0.6) is 0 Å². The molecule has 0 saturated heterocycles. The van der Waals surface area contributed by atoms with E-state index in [1.807, 2.05) is 0 Å². The maximum atomic E-state index is 9.19. The summed E-state index contributed by atoms with van der Waals surface area (Å²) in [5.74, 6) is 0. The van der Waals surface area contributed by atoms with Crippen LogP contribution in [0, 0.1) is 0 Å². The van der Waals surface area contributed by atoms with Gasteiger partial charge in [-0.1, -0.05) is 12.8 Å². The number of hydrogen-bond donors (Lipinski definition) is 2. The highest BCUT2D eigenvalue weighted by Gasteiger charge is 2.07. The first-order valence-electron chi connectivity index (χ1n) is 5.04. The van der Waals surface area contributed by atoms with E-state index < -0.39 is 10.1 Å². The minimum absolute atomic E-state index is 0.431. The van der Waals surface area contributed by atoms with Gasteiger partial charge in [0.15, 0.2) is 0 Å². The van der Waals surface area contributed by atoms with Crippen molar-refractivity contribution in [2.24, 2.45) is 5.73 Å². The van der Waals surface area contributed by atoms with Crippen molar-refractivity contribution in [1.29, 1.82) is 0 Å². The molecule has 0 radical (unpaired) electrons. The Morgan fingerprint density at radius 2 is 1.81 bits per heavy atom. The summed E-state index contributed by atoms with van der Waals surface area (Å²) < 4.78 is 30.0. The highest BCUT2D eigenvalue weighted by molar-refractivity contribution is 7.85. The lowest BCUT2D eigenvalue weighted by atomic mass is 10.3. The summed E-state index contributed by atoms with van der Waals surface area (Å²) in [6.07, 6.45) is 5.97. The molecule has 3 N–H and O–H groups in total. The minimum atomic E-state index is -3.67. The van der Waals surface area contributed by atoms with Crippen LogP contribution in [0.25, 0.3) is 0 Å². The summed E-state index contributed by atoms with van der Waals surface area (Å²) in [5, 5.41) is 0. The summed E-state index contributed by atoms with van der Waals surface area (Å²) in [7, 11) is -3.67. The molecule has 0 aliphatic heterocycles. The number of rotatable bonds is 2. The van der Waals surface area contributed by atoms with Crippen LogP contribution in [0.2, 0.25) is 0 Å². The summed E-state index contributed by atoms with van der Waals surface area (Å²) in [4.78, 5) is 9.18. The van der Waals surface area contributed by atoms with Gasteiger partial charge in [-0.25, -0.2) is 0 Å². The smallest absolute Gasteiger partial charge is 0.293 e. The number of nitrogens with two attached hydrogens (primary N) is 1. The molecule has 7 heteroatoms. The second kappa shape index (κ2) is 10.8. The third kappa shape index (κ3) is 29.2. The predicted octanol–water partition coefficient (Wildman–Crippen LogP) is 0.571. The van der Waals surface area contributed by atoms with Crippen LogP contribution in [0.3, 0.4) is 0 Å². The van der Waals surface area contributed by atoms with E-state index in [4.69, 9.17) is 10.3 Å². The predicted molar refractivity (Wildman–Crippen MR) is 61.6 cm³/mol. The van der Waals surface area contributed by atoms with E-state index in [0.717, 1.165) is 0 Å². The molecule has 98 valence electrons. The van der Waals surface area contributed by atoms with Gasteiger partial charge in [-0.3, -0.25) is 9.35 Å². The third-order valence-corrected chi connectivity index (χ3v) is 1.63. The first-order chi connectivity index (χ1) is 7.31. The molecule has 1 fully saturated rings. The number of hydrogen-bond acceptors (Lipinski definition) is 5. The number of carbonyl (C=O) groups is 1. The van der Waals surface area contributed by atoms with Crippen LogP contribution in [-0.4, -0.2) is 38.3 Å². The Labute approximate surface area is 96.9 Å². The van der Waals surface area contributed by atoms with Gasteiger partial charge in [-0.2, -0.15) is 8.42 Å². The first kappa shape index (κ1) is 17.7.